The fraction of sp³-hybridized carbons (Fsp3) is 0.150. The first-order valence-electron chi connectivity index (χ1n) is 8.40. The van der Waals surface area contributed by atoms with Gasteiger partial charge in [-0.3, -0.25) is 4.79 Å². The molecule has 1 saturated heterocycles. The number of hydrogen-bond acceptors (Lipinski definition) is 4. The van der Waals surface area contributed by atoms with E-state index in [1.807, 2.05) is 12.1 Å². The van der Waals surface area contributed by atoms with Crippen LogP contribution in [0.2, 0.25) is 0 Å². The number of anilines is 1. The Morgan fingerprint density at radius 1 is 1.15 bits per heavy atom. The lowest BCUT2D eigenvalue weighted by atomic mass is 10.2. The molecule has 2 aliphatic rings. The van der Waals surface area contributed by atoms with E-state index in [2.05, 4.69) is 20.9 Å². The van der Waals surface area contributed by atoms with Gasteiger partial charge in [-0.05, 0) is 70.4 Å². The third-order valence-electron chi connectivity index (χ3n) is 4.37. The molecule has 27 heavy (non-hydrogen) atoms. The van der Waals surface area contributed by atoms with E-state index >= 15 is 0 Å². The molecule has 2 aromatic carbocycles. The van der Waals surface area contributed by atoms with Crippen LogP contribution in [0.1, 0.15) is 24.0 Å². The fourth-order valence-electron chi connectivity index (χ4n) is 3.00. The van der Waals surface area contributed by atoms with Crippen molar-refractivity contribution in [1.29, 1.82) is 0 Å². The van der Waals surface area contributed by atoms with Crippen molar-refractivity contribution in [3.63, 3.8) is 0 Å². The highest BCUT2D eigenvalue weighted by molar-refractivity contribution is 9.10. The van der Waals surface area contributed by atoms with Crippen molar-refractivity contribution in [3.8, 4) is 0 Å². The maximum absolute atomic E-state index is 13.3. The number of nitrogens with zero attached hydrogens (tertiary/aromatic N) is 2. The fourth-order valence-corrected chi connectivity index (χ4v) is 3.39. The van der Waals surface area contributed by atoms with Gasteiger partial charge in [-0.1, -0.05) is 6.07 Å². The summed E-state index contributed by atoms with van der Waals surface area (Å²) in [5, 5.41) is 0. The van der Waals surface area contributed by atoms with Gasteiger partial charge in [0, 0.05) is 24.2 Å². The van der Waals surface area contributed by atoms with E-state index in [-0.39, 0.29) is 23.3 Å². The first-order valence-corrected chi connectivity index (χ1v) is 9.19. The Morgan fingerprint density at radius 3 is 2.59 bits per heavy atom. The number of esters is 1. The number of halogens is 2. The standard InChI is InChI=1S/C20H14BrFN2O3/c21-15-10-12(3-8-16(15)22)11-17-20(26)27-19(23-17)13-4-6-14(7-5-13)24-9-1-2-18(24)25/h3-8,10-11H,1-2,9H2. The van der Waals surface area contributed by atoms with Crippen LogP contribution in [0.25, 0.3) is 6.08 Å². The molecule has 1 amide bonds. The van der Waals surface area contributed by atoms with Crippen molar-refractivity contribution in [3.05, 3.63) is 69.6 Å². The first kappa shape index (κ1) is 17.6. The Kier molecular flexibility index (Phi) is 4.61. The summed E-state index contributed by atoms with van der Waals surface area (Å²) in [6.45, 7) is 0.716. The average Bonchev–Trinajstić information content (AvgIpc) is 3.24. The van der Waals surface area contributed by atoms with Gasteiger partial charge < -0.3 is 9.64 Å². The number of ether oxygens (including phenoxy) is 1. The molecule has 2 aromatic rings. The predicted octanol–water partition coefficient (Wildman–Crippen LogP) is 4.06. The smallest absolute Gasteiger partial charge is 0.363 e. The van der Waals surface area contributed by atoms with Gasteiger partial charge in [0.2, 0.25) is 11.8 Å². The second kappa shape index (κ2) is 7.08. The van der Waals surface area contributed by atoms with Crippen molar-refractivity contribution in [2.45, 2.75) is 12.8 Å². The first-order chi connectivity index (χ1) is 13.0. The van der Waals surface area contributed by atoms with Crippen LogP contribution >= 0.6 is 15.9 Å². The van der Waals surface area contributed by atoms with E-state index < -0.39 is 5.97 Å². The van der Waals surface area contributed by atoms with E-state index in [9.17, 15) is 14.0 Å². The van der Waals surface area contributed by atoms with Crippen LogP contribution < -0.4 is 4.90 Å². The minimum atomic E-state index is -0.566. The minimum Gasteiger partial charge on any atom is -0.402 e. The van der Waals surface area contributed by atoms with E-state index in [1.165, 1.54) is 12.1 Å². The SMILES string of the molecule is O=C1OC(c2ccc(N3CCCC3=O)cc2)=NC1=Cc1ccc(F)c(Br)c1. The number of amides is 1. The average molecular weight is 429 g/mol. The highest BCUT2D eigenvalue weighted by Gasteiger charge is 2.25. The number of hydrogen-bond donors (Lipinski definition) is 0. The summed E-state index contributed by atoms with van der Waals surface area (Å²) < 4.78 is 18.9. The monoisotopic (exact) mass is 428 g/mol. The minimum absolute atomic E-state index is 0.114. The summed E-state index contributed by atoms with van der Waals surface area (Å²) >= 11 is 3.11. The van der Waals surface area contributed by atoms with Crippen molar-refractivity contribution >= 4 is 45.5 Å². The number of cyclic esters (lactones) is 1. The molecule has 0 radical (unpaired) electrons. The molecular formula is C20H14BrFN2O3. The maximum Gasteiger partial charge on any atom is 0.363 e. The molecule has 2 heterocycles. The molecule has 0 N–H and O–H groups in total. The van der Waals surface area contributed by atoms with Crippen LogP contribution in [0, 0.1) is 5.82 Å². The number of aliphatic imine (C=N–C) groups is 1. The number of carbonyl (C=O) groups is 2. The molecule has 0 spiro atoms. The molecule has 1 fully saturated rings. The second-order valence-electron chi connectivity index (χ2n) is 6.21. The normalized spacial score (nSPS) is 18.2. The van der Waals surface area contributed by atoms with Crippen molar-refractivity contribution in [2.24, 2.45) is 4.99 Å². The van der Waals surface area contributed by atoms with Gasteiger partial charge >= 0.3 is 5.97 Å². The van der Waals surface area contributed by atoms with Crippen molar-refractivity contribution < 1.29 is 18.7 Å². The molecule has 0 aliphatic carbocycles. The van der Waals surface area contributed by atoms with Gasteiger partial charge in [0.1, 0.15) is 5.82 Å². The zero-order valence-corrected chi connectivity index (χ0v) is 15.7. The summed E-state index contributed by atoms with van der Waals surface area (Å²) in [7, 11) is 0. The quantitative estimate of drug-likeness (QED) is 0.546. The summed E-state index contributed by atoms with van der Waals surface area (Å²) in [5.74, 6) is -0.633. The summed E-state index contributed by atoms with van der Waals surface area (Å²) in [6, 6.07) is 11.6. The molecule has 0 unspecified atom stereocenters. The third kappa shape index (κ3) is 3.55. The topological polar surface area (TPSA) is 59.0 Å². The number of benzene rings is 2. The Hall–Kier alpha value is -2.80. The summed E-state index contributed by atoms with van der Waals surface area (Å²) in [5.41, 5.74) is 2.23. The molecule has 0 aromatic heterocycles. The Labute approximate surface area is 163 Å². The van der Waals surface area contributed by atoms with Crippen LogP contribution in [0.4, 0.5) is 10.1 Å². The van der Waals surface area contributed by atoms with Crippen LogP contribution in [0.5, 0.6) is 0 Å². The molecule has 5 nitrogen and oxygen atoms in total. The summed E-state index contributed by atoms with van der Waals surface area (Å²) in [4.78, 5) is 29.9. The van der Waals surface area contributed by atoms with Gasteiger partial charge in [0.05, 0.1) is 4.47 Å². The van der Waals surface area contributed by atoms with E-state index in [0.29, 0.717) is 28.6 Å². The Balaban J connectivity index is 1.58. The second-order valence-corrected chi connectivity index (χ2v) is 7.06. The summed E-state index contributed by atoms with van der Waals surface area (Å²) in [6.07, 6.45) is 2.97. The highest BCUT2D eigenvalue weighted by Crippen LogP contribution is 2.25. The van der Waals surface area contributed by atoms with E-state index in [1.54, 1.807) is 29.2 Å². The zero-order chi connectivity index (χ0) is 19.0. The van der Waals surface area contributed by atoms with Gasteiger partial charge in [0.25, 0.3) is 0 Å². The van der Waals surface area contributed by atoms with Crippen LogP contribution in [-0.2, 0) is 14.3 Å². The predicted molar refractivity (Wildman–Crippen MR) is 103 cm³/mol. The van der Waals surface area contributed by atoms with Gasteiger partial charge in [-0.15, -0.1) is 0 Å². The zero-order valence-electron chi connectivity index (χ0n) is 14.1. The largest absolute Gasteiger partial charge is 0.402 e. The van der Waals surface area contributed by atoms with Gasteiger partial charge in [-0.25, -0.2) is 14.2 Å². The van der Waals surface area contributed by atoms with Crippen LogP contribution in [-0.4, -0.2) is 24.3 Å². The van der Waals surface area contributed by atoms with E-state index in [4.69, 9.17) is 4.74 Å². The molecule has 7 heteroatoms. The van der Waals surface area contributed by atoms with E-state index in [0.717, 1.165) is 12.1 Å². The van der Waals surface area contributed by atoms with Gasteiger partial charge in [-0.2, -0.15) is 0 Å². The molecule has 136 valence electrons. The van der Waals surface area contributed by atoms with Gasteiger partial charge in [0.15, 0.2) is 5.70 Å². The third-order valence-corrected chi connectivity index (χ3v) is 4.97. The molecular weight excluding hydrogens is 415 g/mol. The van der Waals surface area contributed by atoms with Crippen LogP contribution in [0.15, 0.2) is 57.6 Å². The maximum atomic E-state index is 13.3. The highest BCUT2D eigenvalue weighted by atomic mass is 79.9. The van der Waals surface area contributed by atoms with Crippen molar-refractivity contribution in [2.75, 3.05) is 11.4 Å². The lowest BCUT2D eigenvalue weighted by Crippen LogP contribution is -2.23. The molecule has 2 aliphatic heterocycles. The molecule has 0 atom stereocenters. The molecule has 4 rings (SSSR count). The van der Waals surface area contributed by atoms with Crippen molar-refractivity contribution in [1.82, 2.24) is 0 Å². The van der Waals surface area contributed by atoms with Crippen LogP contribution in [0.3, 0.4) is 0 Å². The Morgan fingerprint density at radius 2 is 1.93 bits per heavy atom. The number of rotatable bonds is 3. The molecule has 0 bridgehead atoms. The Bertz CT molecular complexity index is 999. The lowest BCUT2D eigenvalue weighted by molar-refractivity contribution is -0.130. The molecule has 0 saturated carbocycles. The lowest BCUT2D eigenvalue weighted by Gasteiger charge is -2.15. The number of carbonyl (C=O) groups excluding carboxylic acids is 2.